The van der Waals surface area contributed by atoms with Gasteiger partial charge in [-0.05, 0) is 18.2 Å². The molecule has 0 saturated heterocycles. The smallest absolute Gasteiger partial charge is 0.384 e. The standard InChI is InChI=1S/C13H16BrF3N2O2/c1-21-7-6-19-12(20)4-5-18-11-3-2-9(14)8-10(11)13(15,16)17/h2-3,8,18H,4-7H2,1H3,(H,19,20). The first kappa shape index (κ1) is 17.8. The fourth-order valence-corrected chi connectivity index (χ4v) is 1.96. The highest BCUT2D eigenvalue weighted by Gasteiger charge is 2.33. The number of methoxy groups -OCH3 is 1. The van der Waals surface area contributed by atoms with Crippen molar-refractivity contribution in [1.82, 2.24) is 5.32 Å². The van der Waals surface area contributed by atoms with Gasteiger partial charge >= 0.3 is 6.18 Å². The first-order chi connectivity index (χ1) is 9.84. The number of benzene rings is 1. The Morgan fingerprint density at radius 2 is 2.05 bits per heavy atom. The number of hydrogen-bond donors (Lipinski definition) is 2. The molecule has 0 aliphatic heterocycles. The van der Waals surface area contributed by atoms with Crippen LogP contribution >= 0.6 is 15.9 Å². The molecule has 1 aromatic carbocycles. The van der Waals surface area contributed by atoms with Gasteiger partial charge < -0.3 is 15.4 Å². The summed E-state index contributed by atoms with van der Waals surface area (Å²) in [7, 11) is 1.51. The fourth-order valence-electron chi connectivity index (χ4n) is 1.60. The predicted molar refractivity (Wildman–Crippen MR) is 77.1 cm³/mol. The van der Waals surface area contributed by atoms with Crippen LogP contribution in [0.25, 0.3) is 0 Å². The van der Waals surface area contributed by atoms with Gasteiger partial charge in [-0.1, -0.05) is 15.9 Å². The van der Waals surface area contributed by atoms with E-state index >= 15 is 0 Å². The largest absolute Gasteiger partial charge is 0.418 e. The van der Waals surface area contributed by atoms with Gasteiger partial charge in [0.2, 0.25) is 5.91 Å². The Morgan fingerprint density at radius 3 is 2.67 bits per heavy atom. The van der Waals surface area contributed by atoms with Crippen molar-refractivity contribution in [3.8, 4) is 0 Å². The lowest BCUT2D eigenvalue weighted by Gasteiger charge is -2.15. The summed E-state index contributed by atoms with van der Waals surface area (Å²) in [5.41, 5.74) is -0.813. The molecule has 0 bridgehead atoms. The van der Waals surface area contributed by atoms with Gasteiger partial charge in [0.25, 0.3) is 0 Å². The highest BCUT2D eigenvalue weighted by Crippen LogP contribution is 2.36. The lowest BCUT2D eigenvalue weighted by atomic mass is 10.1. The Hall–Kier alpha value is -1.28. The highest BCUT2D eigenvalue weighted by atomic mass is 79.9. The van der Waals surface area contributed by atoms with Crippen molar-refractivity contribution in [1.29, 1.82) is 0 Å². The summed E-state index contributed by atoms with van der Waals surface area (Å²) in [6.45, 7) is 0.884. The van der Waals surface area contributed by atoms with Crippen LogP contribution in [-0.2, 0) is 15.7 Å². The SMILES string of the molecule is COCCNC(=O)CCNc1ccc(Br)cc1C(F)(F)F. The van der Waals surface area contributed by atoms with Gasteiger partial charge in [-0.15, -0.1) is 0 Å². The number of alkyl halides is 3. The molecule has 1 amide bonds. The quantitative estimate of drug-likeness (QED) is 0.727. The Morgan fingerprint density at radius 1 is 1.33 bits per heavy atom. The average Bonchev–Trinajstić information content (AvgIpc) is 2.39. The molecular weight excluding hydrogens is 353 g/mol. The van der Waals surface area contributed by atoms with Crippen LogP contribution in [0.1, 0.15) is 12.0 Å². The van der Waals surface area contributed by atoms with Gasteiger partial charge in [0.05, 0.1) is 12.2 Å². The molecule has 1 rings (SSSR count). The second-order valence-electron chi connectivity index (χ2n) is 4.21. The molecule has 0 saturated carbocycles. The van der Waals surface area contributed by atoms with Crippen LogP contribution in [0.4, 0.5) is 18.9 Å². The Bertz CT molecular complexity index is 481. The summed E-state index contributed by atoms with van der Waals surface area (Å²) in [5.74, 6) is -0.245. The van der Waals surface area contributed by atoms with E-state index in [0.717, 1.165) is 6.07 Å². The number of nitrogens with one attached hydrogen (secondary N) is 2. The van der Waals surface area contributed by atoms with Crippen LogP contribution in [0.15, 0.2) is 22.7 Å². The molecule has 0 aliphatic rings. The fraction of sp³-hybridized carbons (Fsp3) is 0.462. The maximum absolute atomic E-state index is 12.9. The summed E-state index contributed by atoms with van der Waals surface area (Å²) in [4.78, 5) is 11.4. The summed E-state index contributed by atoms with van der Waals surface area (Å²) < 4.78 is 43.7. The van der Waals surface area contributed by atoms with Crippen molar-refractivity contribution in [3.63, 3.8) is 0 Å². The number of ether oxygens (including phenoxy) is 1. The van der Waals surface area contributed by atoms with E-state index in [1.807, 2.05) is 0 Å². The summed E-state index contributed by atoms with van der Waals surface area (Å²) in [6, 6.07) is 3.84. The third-order valence-corrected chi connectivity index (χ3v) is 3.08. The lowest BCUT2D eigenvalue weighted by Crippen LogP contribution is -2.28. The van der Waals surface area contributed by atoms with Gasteiger partial charge in [0.1, 0.15) is 0 Å². The highest BCUT2D eigenvalue weighted by molar-refractivity contribution is 9.10. The van der Waals surface area contributed by atoms with Crippen LogP contribution < -0.4 is 10.6 Å². The minimum Gasteiger partial charge on any atom is -0.384 e. The van der Waals surface area contributed by atoms with Crippen LogP contribution in [0, 0.1) is 0 Å². The van der Waals surface area contributed by atoms with Crippen LogP contribution in [-0.4, -0.2) is 32.7 Å². The molecule has 0 atom stereocenters. The molecule has 2 N–H and O–H groups in total. The second-order valence-corrected chi connectivity index (χ2v) is 5.12. The number of rotatable bonds is 7. The van der Waals surface area contributed by atoms with E-state index in [-0.39, 0.29) is 24.6 Å². The van der Waals surface area contributed by atoms with E-state index in [9.17, 15) is 18.0 Å². The first-order valence-electron chi connectivity index (χ1n) is 6.21. The van der Waals surface area contributed by atoms with Crippen molar-refractivity contribution in [2.45, 2.75) is 12.6 Å². The molecule has 21 heavy (non-hydrogen) atoms. The molecular formula is C13H16BrF3N2O2. The second kappa shape index (κ2) is 8.23. The molecule has 0 fully saturated rings. The number of halogens is 4. The van der Waals surface area contributed by atoms with Crippen molar-refractivity contribution in [2.75, 3.05) is 32.1 Å². The van der Waals surface area contributed by atoms with E-state index in [1.165, 1.54) is 19.2 Å². The number of carbonyl (C=O) groups excluding carboxylic acids is 1. The maximum Gasteiger partial charge on any atom is 0.418 e. The molecule has 0 spiro atoms. The Balaban J connectivity index is 2.54. The monoisotopic (exact) mass is 368 g/mol. The van der Waals surface area contributed by atoms with E-state index < -0.39 is 11.7 Å². The minimum absolute atomic E-state index is 0.0459. The summed E-state index contributed by atoms with van der Waals surface area (Å²) >= 11 is 3.01. The van der Waals surface area contributed by atoms with Gasteiger partial charge in [-0.25, -0.2) is 0 Å². The molecule has 118 valence electrons. The molecule has 0 heterocycles. The van der Waals surface area contributed by atoms with Crippen LogP contribution in [0.2, 0.25) is 0 Å². The van der Waals surface area contributed by atoms with Gasteiger partial charge in [0.15, 0.2) is 0 Å². The molecule has 0 aromatic heterocycles. The normalized spacial score (nSPS) is 11.3. The van der Waals surface area contributed by atoms with Crippen molar-refractivity contribution >= 4 is 27.5 Å². The Kier molecular flexibility index (Phi) is 6.97. The van der Waals surface area contributed by atoms with E-state index in [4.69, 9.17) is 4.74 Å². The minimum atomic E-state index is -4.45. The van der Waals surface area contributed by atoms with E-state index in [2.05, 4.69) is 26.6 Å². The van der Waals surface area contributed by atoms with Crippen molar-refractivity contribution in [2.24, 2.45) is 0 Å². The molecule has 0 unspecified atom stereocenters. The number of carbonyl (C=O) groups is 1. The zero-order chi connectivity index (χ0) is 15.9. The van der Waals surface area contributed by atoms with E-state index in [1.54, 1.807) is 0 Å². The van der Waals surface area contributed by atoms with E-state index in [0.29, 0.717) is 17.6 Å². The zero-order valence-electron chi connectivity index (χ0n) is 11.4. The van der Waals surface area contributed by atoms with Crippen LogP contribution in [0.3, 0.4) is 0 Å². The molecule has 1 aromatic rings. The van der Waals surface area contributed by atoms with Crippen molar-refractivity contribution < 1.29 is 22.7 Å². The Labute approximate surface area is 129 Å². The maximum atomic E-state index is 12.9. The summed E-state index contributed by atoms with van der Waals surface area (Å²) in [6.07, 6.45) is -4.37. The number of anilines is 1. The number of amides is 1. The lowest BCUT2D eigenvalue weighted by molar-refractivity contribution is -0.137. The molecule has 8 heteroatoms. The molecule has 4 nitrogen and oxygen atoms in total. The van der Waals surface area contributed by atoms with Gasteiger partial charge in [0, 0.05) is 36.8 Å². The topological polar surface area (TPSA) is 50.4 Å². The van der Waals surface area contributed by atoms with Crippen LogP contribution in [0.5, 0.6) is 0 Å². The van der Waals surface area contributed by atoms with Gasteiger partial charge in [-0.2, -0.15) is 13.2 Å². The molecule has 0 aliphatic carbocycles. The molecule has 0 radical (unpaired) electrons. The number of hydrogen-bond acceptors (Lipinski definition) is 3. The predicted octanol–water partition coefficient (Wildman–Crippen LogP) is 3.03. The first-order valence-corrected chi connectivity index (χ1v) is 7.00. The third kappa shape index (κ3) is 6.34. The third-order valence-electron chi connectivity index (χ3n) is 2.58. The zero-order valence-corrected chi connectivity index (χ0v) is 13.0. The summed E-state index contributed by atoms with van der Waals surface area (Å²) in [5, 5.41) is 5.23. The van der Waals surface area contributed by atoms with Gasteiger partial charge in [-0.3, -0.25) is 4.79 Å². The average molecular weight is 369 g/mol. The van der Waals surface area contributed by atoms with Crippen molar-refractivity contribution in [3.05, 3.63) is 28.2 Å².